The molecule has 1 fully saturated rings. The Bertz CT molecular complexity index is 1350. The monoisotopic (exact) mass is 472 g/mol. The van der Waals surface area contributed by atoms with Gasteiger partial charge in [-0.1, -0.05) is 13.8 Å². The number of Topliss-reactive ketones (excluding diaryl/α,β-unsaturated/α-hetero) is 1. The number of aromatic nitrogens is 1. The largest absolute Gasteiger partial charge is 0.507 e. The number of pyridine rings is 1. The minimum absolute atomic E-state index is 0.00117. The van der Waals surface area contributed by atoms with Crippen molar-refractivity contribution in [2.75, 3.05) is 18.8 Å². The Labute approximate surface area is 202 Å². The zero-order chi connectivity index (χ0) is 24.7. The number of aliphatic hydroxyl groups is 1. The average molecular weight is 472 g/mol. The van der Waals surface area contributed by atoms with Gasteiger partial charge in [-0.2, -0.15) is 0 Å². The van der Waals surface area contributed by atoms with Crippen LogP contribution in [0.5, 0.6) is 17.2 Å². The average Bonchev–Trinajstić information content (AvgIpc) is 3.45. The first-order valence-electron chi connectivity index (χ1n) is 11.2. The fourth-order valence-corrected chi connectivity index (χ4v) is 4.48. The first kappa shape index (κ1) is 22.5. The summed E-state index contributed by atoms with van der Waals surface area (Å²) in [6.45, 7) is 4.11. The van der Waals surface area contributed by atoms with E-state index in [1.165, 1.54) is 4.90 Å². The highest BCUT2D eigenvalue weighted by Crippen LogP contribution is 2.45. The summed E-state index contributed by atoms with van der Waals surface area (Å²) in [5, 5.41) is 11.4. The van der Waals surface area contributed by atoms with E-state index in [1.54, 1.807) is 68.0 Å². The third-order valence-corrected chi connectivity index (χ3v) is 6.23. The SMILES string of the molecule is COc1ccc(/C(O)=C2\C(=O)C(=O)N(c3ccc4c(c3)OCO4)C2c2ccncc2)cc1C(C)C. The number of carbonyl (C=O) groups is 2. The van der Waals surface area contributed by atoms with Crippen LogP contribution in [0.15, 0.2) is 66.5 Å². The number of hydrogen-bond donors (Lipinski definition) is 1. The summed E-state index contributed by atoms with van der Waals surface area (Å²) in [5.41, 5.74) is 2.39. The van der Waals surface area contributed by atoms with Crippen LogP contribution in [0.3, 0.4) is 0 Å². The molecule has 0 aliphatic carbocycles. The van der Waals surface area contributed by atoms with Gasteiger partial charge in [0.25, 0.3) is 11.7 Å². The van der Waals surface area contributed by atoms with Crippen molar-refractivity contribution in [2.24, 2.45) is 0 Å². The maximum Gasteiger partial charge on any atom is 0.300 e. The number of methoxy groups -OCH3 is 1. The summed E-state index contributed by atoms with van der Waals surface area (Å²) >= 11 is 0. The highest BCUT2D eigenvalue weighted by Gasteiger charge is 2.47. The lowest BCUT2D eigenvalue weighted by atomic mass is 9.93. The van der Waals surface area contributed by atoms with Crippen LogP contribution in [0.4, 0.5) is 5.69 Å². The Morgan fingerprint density at radius 1 is 1.06 bits per heavy atom. The van der Waals surface area contributed by atoms with Gasteiger partial charge in [-0.05, 0) is 59.5 Å². The van der Waals surface area contributed by atoms with E-state index in [-0.39, 0.29) is 24.0 Å². The molecule has 2 aliphatic rings. The number of ketones is 1. The fourth-order valence-electron chi connectivity index (χ4n) is 4.48. The van der Waals surface area contributed by atoms with Crippen LogP contribution in [0, 0.1) is 0 Å². The molecular formula is C27H24N2O6. The van der Waals surface area contributed by atoms with Gasteiger partial charge in [-0.15, -0.1) is 0 Å². The molecule has 5 rings (SSSR count). The topological polar surface area (TPSA) is 98.2 Å². The Balaban J connectivity index is 1.69. The molecule has 178 valence electrons. The van der Waals surface area contributed by atoms with Crippen molar-refractivity contribution >= 4 is 23.1 Å². The molecule has 0 bridgehead atoms. The van der Waals surface area contributed by atoms with Crippen LogP contribution in [0.25, 0.3) is 5.76 Å². The van der Waals surface area contributed by atoms with Crippen molar-refractivity contribution in [3.8, 4) is 17.2 Å². The van der Waals surface area contributed by atoms with Gasteiger partial charge in [0.05, 0.1) is 18.7 Å². The van der Waals surface area contributed by atoms with Crippen LogP contribution >= 0.6 is 0 Å². The van der Waals surface area contributed by atoms with Crippen molar-refractivity contribution < 1.29 is 28.9 Å². The molecule has 3 aromatic rings. The van der Waals surface area contributed by atoms with Gasteiger partial charge >= 0.3 is 0 Å². The van der Waals surface area contributed by atoms with E-state index >= 15 is 0 Å². The van der Waals surface area contributed by atoms with Gasteiger partial charge in [0.1, 0.15) is 11.5 Å². The summed E-state index contributed by atoms with van der Waals surface area (Å²) in [7, 11) is 1.58. The number of aliphatic hydroxyl groups excluding tert-OH is 1. The molecule has 2 aliphatic heterocycles. The van der Waals surface area contributed by atoms with E-state index in [9.17, 15) is 14.7 Å². The fraction of sp³-hybridized carbons (Fsp3) is 0.222. The number of amides is 1. The third-order valence-electron chi connectivity index (χ3n) is 6.23. The Morgan fingerprint density at radius 3 is 2.51 bits per heavy atom. The molecule has 1 unspecified atom stereocenters. The summed E-state index contributed by atoms with van der Waals surface area (Å²) in [6.07, 6.45) is 3.17. The number of benzene rings is 2. The van der Waals surface area contributed by atoms with Gasteiger partial charge in [0, 0.05) is 29.7 Å². The first-order chi connectivity index (χ1) is 16.9. The van der Waals surface area contributed by atoms with Gasteiger partial charge in [-0.25, -0.2) is 0 Å². The maximum absolute atomic E-state index is 13.4. The van der Waals surface area contributed by atoms with Gasteiger partial charge < -0.3 is 19.3 Å². The Kier molecular flexibility index (Phi) is 5.64. The second kappa shape index (κ2) is 8.79. The number of fused-ring (bicyclic) bond motifs is 1. The van der Waals surface area contributed by atoms with Crippen LogP contribution < -0.4 is 19.1 Å². The zero-order valence-corrected chi connectivity index (χ0v) is 19.5. The second-order valence-electron chi connectivity index (χ2n) is 8.60. The summed E-state index contributed by atoms with van der Waals surface area (Å²) in [5.74, 6) is 0.0688. The second-order valence-corrected chi connectivity index (χ2v) is 8.60. The quantitative estimate of drug-likeness (QED) is 0.330. The molecule has 2 aromatic carbocycles. The maximum atomic E-state index is 13.4. The molecule has 1 amide bonds. The molecular weight excluding hydrogens is 448 g/mol. The van der Waals surface area contributed by atoms with Gasteiger partial charge in [0.2, 0.25) is 6.79 Å². The lowest BCUT2D eigenvalue weighted by molar-refractivity contribution is -0.132. The van der Waals surface area contributed by atoms with E-state index < -0.39 is 17.7 Å². The Hall–Kier alpha value is -4.33. The number of carbonyl (C=O) groups excluding carboxylic acids is 2. The first-order valence-corrected chi connectivity index (χ1v) is 11.2. The normalized spacial score (nSPS) is 18.4. The molecule has 1 aromatic heterocycles. The van der Waals surface area contributed by atoms with E-state index in [0.29, 0.717) is 34.1 Å². The van der Waals surface area contributed by atoms with E-state index in [4.69, 9.17) is 14.2 Å². The number of ether oxygens (including phenoxy) is 3. The van der Waals surface area contributed by atoms with Crippen LogP contribution in [-0.2, 0) is 9.59 Å². The van der Waals surface area contributed by atoms with Crippen molar-refractivity contribution in [2.45, 2.75) is 25.8 Å². The molecule has 0 radical (unpaired) electrons. The number of hydrogen-bond acceptors (Lipinski definition) is 7. The van der Waals surface area contributed by atoms with Gasteiger partial charge in [0.15, 0.2) is 11.5 Å². The molecule has 0 saturated carbocycles. The number of rotatable bonds is 5. The number of nitrogens with zero attached hydrogens (tertiary/aromatic N) is 2. The highest BCUT2D eigenvalue weighted by atomic mass is 16.7. The Morgan fingerprint density at radius 2 is 1.80 bits per heavy atom. The number of anilines is 1. The zero-order valence-electron chi connectivity index (χ0n) is 19.5. The smallest absolute Gasteiger partial charge is 0.300 e. The minimum Gasteiger partial charge on any atom is -0.507 e. The molecule has 3 heterocycles. The molecule has 1 saturated heterocycles. The highest BCUT2D eigenvalue weighted by molar-refractivity contribution is 6.51. The lowest BCUT2D eigenvalue weighted by Crippen LogP contribution is -2.29. The van der Waals surface area contributed by atoms with Crippen molar-refractivity contribution in [3.05, 3.63) is 83.2 Å². The summed E-state index contributed by atoms with van der Waals surface area (Å²) in [4.78, 5) is 32.1. The standard InChI is InChI=1S/C27H24N2O6/c1-15(2)19-12-17(4-6-20(19)33-3)25(30)23-24(16-8-10-28-11-9-16)29(27(32)26(23)31)18-5-7-21-22(13-18)35-14-34-21/h4-13,15,24,30H,14H2,1-3H3/b25-23+. The summed E-state index contributed by atoms with van der Waals surface area (Å²) < 4.78 is 16.3. The third kappa shape index (κ3) is 3.77. The van der Waals surface area contributed by atoms with E-state index in [0.717, 1.165) is 5.56 Å². The van der Waals surface area contributed by atoms with Crippen molar-refractivity contribution in [1.29, 1.82) is 0 Å². The van der Waals surface area contributed by atoms with Crippen LogP contribution in [0.1, 0.15) is 42.5 Å². The van der Waals surface area contributed by atoms with E-state index in [1.807, 2.05) is 13.8 Å². The van der Waals surface area contributed by atoms with Crippen molar-refractivity contribution in [3.63, 3.8) is 0 Å². The molecule has 8 heteroatoms. The molecule has 8 nitrogen and oxygen atoms in total. The lowest BCUT2D eigenvalue weighted by Gasteiger charge is -2.25. The van der Waals surface area contributed by atoms with Crippen LogP contribution in [-0.4, -0.2) is 35.7 Å². The minimum atomic E-state index is -0.858. The van der Waals surface area contributed by atoms with Crippen LogP contribution in [0.2, 0.25) is 0 Å². The van der Waals surface area contributed by atoms with Gasteiger partial charge in [-0.3, -0.25) is 19.5 Å². The van der Waals surface area contributed by atoms with E-state index in [2.05, 4.69) is 4.98 Å². The molecule has 35 heavy (non-hydrogen) atoms. The molecule has 1 atom stereocenters. The molecule has 1 N–H and O–H groups in total. The summed E-state index contributed by atoms with van der Waals surface area (Å²) in [6, 6.07) is 12.8. The predicted octanol–water partition coefficient (Wildman–Crippen LogP) is 4.57. The van der Waals surface area contributed by atoms with Crippen molar-refractivity contribution in [1.82, 2.24) is 4.98 Å². The molecule has 0 spiro atoms. The predicted molar refractivity (Wildman–Crippen MR) is 129 cm³/mol.